The van der Waals surface area contributed by atoms with Crippen molar-refractivity contribution in [2.45, 2.75) is 20.8 Å². The number of hydrogen-bond acceptors (Lipinski definition) is 5. The minimum atomic E-state index is -3.31. The Balaban J connectivity index is 2.43. The standard InChI is InChI=1S/C13H20N4O2S/c1-8-7-11(16-13-14-5-6-15-13)10(3)12(9(8)2)17-20(4,18)19/h7,17H,5-6H2,1-4H3,(H2,14,15,16). The SMILES string of the molecule is Cc1cc(NC2=NCCN2)c(C)c(NS(C)(=O)=O)c1C. The molecule has 0 aromatic heterocycles. The van der Waals surface area contributed by atoms with Crippen molar-refractivity contribution in [3.05, 3.63) is 22.8 Å². The molecular weight excluding hydrogens is 276 g/mol. The number of nitrogens with one attached hydrogen (secondary N) is 3. The van der Waals surface area contributed by atoms with E-state index in [1.807, 2.05) is 26.8 Å². The number of rotatable bonds is 3. The lowest BCUT2D eigenvalue weighted by molar-refractivity contribution is 0.606. The highest BCUT2D eigenvalue weighted by Gasteiger charge is 2.15. The lowest BCUT2D eigenvalue weighted by Crippen LogP contribution is -2.27. The van der Waals surface area contributed by atoms with E-state index in [-0.39, 0.29) is 0 Å². The van der Waals surface area contributed by atoms with Gasteiger partial charge >= 0.3 is 0 Å². The van der Waals surface area contributed by atoms with Crippen LogP contribution in [0.4, 0.5) is 11.4 Å². The molecule has 1 aromatic rings. The predicted molar refractivity (Wildman–Crippen MR) is 83.0 cm³/mol. The van der Waals surface area contributed by atoms with Crippen molar-refractivity contribution in [2.75, 3.05) is 29.4 Å². The van der Waals surface area contributed by atoms with Gasteiger partial charge < -0.3 is 10.6 Å². The molecule has 0 atom stereocenters. The molecule has 1 aliphatic rings. The van der Waals surface area contributed by atoms with Crippen LogP contribution >= 0.6 is 0 Å². The van der Waals surface area contributed by atoms with E-state index in [4.69, 9.17) is 0 Å². The summed E-state index contributed by atoms with van der Waals surface area (Å²) in [5, 5.41) is 6.34. The summed E-state index contributed by atoms with van der Waals surface area (Å²) < 4.78 is 25.6. The van der Waals surface area contributed by atoms with Gasteiger partial charge in [-0.2, -0.15) is 0 Å². The Morgan fingerprint density at radius 1 is 1.25 bits per heavy atom. The van der Waals surface area contributed by atoms with Crippen LogP contribution in [0.15, 0.2) is 11.1 Å². The van der Waals surface area contributed by atoms with Gasteiger partial charge in [-0.1, -0.05) is 0 Å². The maximum absolute atomic E-state index is 11.5. The summed E-state index contributed by atoms with van der Waals surface area (Å²) in [6.45, 7) is 7.32. The summed E-state index contributed by atoms with van der Waals surface area (Å²) in [7, 11) is -3.31. The van der Waals surface area contributed by atoms with E-state index in [9.17, 15) is 8.42 Å². The quantitative estimate of drug-likeness (QED) is 0.786. The molecule has 0 aliphatic carbocycles. The molecule has 0 radical (unpaired) electrons. The van der Waals surface area contributed by atoms with Crippen molar-refractivity contribution in [3.8, 4) is 0 Å². The van der Waals surface area contributed by atoms with E-state index in [1.54, 1.807) is 0 Å². The largest absolute Gasteiger partial charge is 0.354 e. The van der Waals surface area contributed by atoms with Crippen molar-refractivity contribution in [1.29, 1.82) is 0 Å². The second-order valence-corrected chi connectivity index (χ2v) is 6.77. The van der Waals surface area contributed by atoms with Gasteiger partial charge in [0.05, 0.1) is 18.5 Å². The molecule has 0 saturated carbocycles. The van der Waals surface area contributed by atoms with Crippen LogP contribution in [-0.2, 0) is 10.0 Å². The Labute approximate surface area is 119 Å². The topological polar surface area (TPSA) is 82.6 Å². The monoisotopic (exact) mass is 296 g/mol. The van der Waals surface area contributed by atoms with Crippen molar-refractivity contribution in [3.63, 3.8) is 0 Å². The molecule has 0 fully saturated rings. The first-order chi connectivity index (χ1) is 9.28. The molecule has 20 heavy (non-hydrogen) atoms. The smallest absolute Gasteiger partial charge is 0.229 e. The second kappa shape index (κ2) is 5.32. The third kappa shape index (κ3) is 3.22. The molecule has 0 spiro atoms. The average Bonchev–Trinajstić information content (AvgIpc) is 2.83. The Bertz CT molecular complexity index is 665. The minimum Gasteiger partial charge on any atom is -0.354 e. The number of anilines is 2. The van der Waals surface area contributed by atoms with Gasteiger partial charge in [-0.15, -0.1) is 0 Å². The number of aliphatic imine (C=N–C) groups is 1. The Morgan fingerprint density at radius 2 is 1.95 bits per heavy atom. The highest BCUT2D eigenvalue weighted by atomic mass is 32.2. The van der Waals surface area contributed by atoms with E-state index in [0.29, 0.717) is 5.69 Å². The first-order valence-corrected chi connectivity index (χ1v) is 8.31. The second-order valence-electron chi connectivity index (χ2n) is 5.02. The molecule has 110 valence electrons. The van der Waals surface area contributed by atoms with Gasteiger partial charge in [0.2, 0.25) is 10.0 Å². The summed E-state index contributed by atoms with van der Waals surface area (Å²) >= 11 is 0. The summed E-state index contributed by atoms with van der Waals surface area (Å²) in [4.78, 5) is 4.28. The number of nitrogens with zero attached hydrogens (tertiary/aromatic N) is 1. The van der Waals surface area contributed by atoms with Crippen molar-refractivity contribution in [1.82, 2.24) is 5.32 Å². The maximum atomic E-state index is 11.5. The van der Waals surface area contributed by atoms with Crippen molar-refractivity contribution >= 4 is 27.4 Å². The van der Waals surface area contributed by atoms with Crippen LogP contribution < -0.4 is 15.4 Å². The molecule has 0 unspecified atom stereocenters. The zero-order valence-electron chi connectivity index (χ0n) is 12.2. The molecule has 2 rings (SSSR count). The van der Waals surface area contributed by atoms with Gasteiger partial charge in [0.1, 0.15) is 0 Å². The zero-order valence-corrected chi connectivity index (χ0v) is 13.0. The molecule has 1 aliphatic heterocycles. The molecular formula is C13H20N4O2S. The Hall–Kier alpha value is -1.76. The molecule has 6 nitrogen and oxygen atoms in total. The third-order valence-electron chi connectivity index (χ3n) is 3.32. The fourth-order valence-electron chi connectivity index (χ4n) is 2.12. The predicted octanol–water partition coefficient (Wildman–Crippen LogP) is 1.35. The van der Waals surface area contributed by atoms with E-state index in [1.165, 1.54) is 0 Å². The van der Waals surface area contributed by atoms with Crippen LogP contribution in [0.5, 0.6) is 0 Å². The van der Waals surface area contributed by atoms with E-state index < -0.39 is 10.0 Å². The van der Waals surface area contributed by atoms with Gasteiger partial charge in [0, 0.05) is 12.2 Å². The number of guanidine groups is 1. The van der Waals surface area contributed by atoms with Crippen LogP contribution in [0.2, 0.25) is 0 Å². The molecule has 0 amide bonds. The maximum Gasteiger partial charge on any atom is 0.229 e. The first kappa shape index (κ1) is 14.6. The summed E-state index contributed by atoms with van der Waals surface area (Å²) in [6.07, 6.45) is 1.16. The summed E-state index contributed by atoms with van der Waals surface area (Å²) in [5.74, 6) is 0.724. The van der Waals surface area contributed by atoms with Crippen LogP contribution in [0, 0.1) is 20.8 Å². The van der Waals surface area contributed by atoms with E-state index >= 15 is 0 Å². The number of aryl methyl sites for hydroxylation is 1. The van der Waals surface area contributed by atoms with Gasteiger partial charge in [-0.25, -0.2) is 8.42 Å². The first-order valence-electron chi connectivity index (χ1n) is 6.42. The van der Waals surface area contributed by atoms with E-state index in [0.717, 1.165) is 47.7 Å². The Kier molecular flexibility index (Phi) is 3.89. The van der Waals surface area contributed by atoms with Gasteiger partial charge in [0.15, 0.2) is 5.96 Å². The summed E-state index contributed by atoms with van der Waals surface area (Å²) in [6, 6.07) is 2.00. The van der Waals surface area contributed by atoms with Gasteiger partial charge in [0.25, 0.3) is 0 Å². The average molecular weight is 296 g/mol. The fraction of sp³-hybridized carbons (Fsp3) is 0.462. The van der Waals surface area contributed by atoms with Crippen LogP contribution in [0.25, 0.3) is 0 Å². The van der Waals surface area contributed by atoms with Gasteiger partial charge in [-0.3, -0.25) is 9.71 Å². The Morgan fingerprint density at radius 3 is 2.50 bits per heavy atom. The molecule has 1 heterocycles. The van der Waals surface area contributed by atoms with Crippen LogP contribution in [-0.4, -0.2) is 33.7 Å². The highest BCUT2D eigenvalue weighted by molar-refractivity contribution is 7.92. The zero-order chi connectivity index (χ0) is 14.9. The third-order valence-corrected chi connectivity index (χ3v) is 3.90. The summed E-state index contributed by atoms with van der Waals surface area (Å²) in [5.41, 5.74) is 4.29. The lowest BCUT2D eigenvalue weighted by atomic mass is 10.0. The number of hydrogen-bond donors (Lipinski definition) is 3. The van der Waals surface area contributed by atoms with Crippen molar-refractivity contribution in [2.24, 2.45) is 4.99 Å². The molecule has 7 heteroatoms. The van der Waals surface area contributed by atoms with Crippen LogP contribution in [0.1, 0.15) is 16.7 Å². The molecule has 0 saturated heterocycles. The molecule has 0 bridgehead atoms. The van der Waals surface area contributed by atoms with Gasteiger partial charge in [-0.05, 0) is 43.5 Å². The highest BCUT2D eigenvalue weighted by Crippen LogP contribution is 2.31. The van der Waals surface area contributed by atoms with E-state index in [2.05, 4.69) is 20.3 Å². The molecule has 1 aromatic carbocycles. The lowest BCUT2D eigenvalue weighted by Gasteiger charge is -2.18. The fourth-order valence-corrected chi connectivity index (χ4v) is 2.80. The molecule has 3 N–H and O–H groups in total. The van der Waals surface area contributed by atoms with Crippen LogP contribution in [0.3, 0.4) is 0 Å². The van der Waals surface area contributed by atoms with Crippen molar-refractivity contribution < 1.29 is 8.42 Å². The normalized spacial score (nSPS) is 14.7. The minimum absolute atomic E-state index is 0.633. The number of sulfonamides is 1. The number of benzene rings is 1.